The smallest absolute Gasteiger partial charge is 0.162 e. The van der Waals surface area contributed by atoms with Crippen LogP contribution in [0, 0.1) is 22.7 Å². The highest BCUT2D eigenvalue weighted by molar-refractivity contribution is 7.80. The lowest BCUT2D eigenvalue weighted by Gasteiger charge is -2.25. The molecule has 2 aromatic rings. The van der Waals surface area contributed by atoms with Crippen LogP contribution in [0.5, 0.6) is 11.5 Å². The number of aliphatic hydroxyl groups is 1. The van der Waals surface area contributed by atoms with Gasteiger partial charge in [-0.3, -0.25) is 0 Å². The second-order valence-electron chi connectivity index (χ2n) is 5.06. The van der Waals surface area contributed by atoms with Crippen molar-refractivity contribution in [2.75, 3.05) is 18.9 Å². The third-order valence-electron chi connectivity index (χ3n) is 3.58. The van der Waals surface area contributed by atoms with E-state index in [2.05, 4.69) is 17.6 Å². The van der Waals surface area contributed by atoms with Crippen molar-refractivity contribution in [3.05, 3.63) is 29.3 Å². The van der Waals surface area contributed by atoms with Crippen LogP contribution in [0.2, 0.25) is 0 Å². The lowest BCUT2D eigenvalue weighted by molar-refractivity contribution is 0.0457. The number of fused-ring (bicyclic) bond motifs is 1. The van der Waals surface area contributed by atoms with E-state index in [1.807, 2.05) is 12.1 Å². The molecule has 0 saturated carbocycles. The van der Waals surface area contributed by atoms with Gasteiger partial charge in [0.2, 0.25) is 0 Å². The molecule has 8 heteroatoms. The number of aliphatic hydroxyl groups excluding tert-OH is 1. The number of hydrogen-bond donors (Lipinski definition) is 3. The quantitative estimate of drug-likeness (QED) is 0.707. The van der Waals surface area contributed by atoms with Crippen molar-refractivity contribution in [2.45, 2.75) is 11.1 Å². The SMILES string of the molecule is N#Cc1c(N)nc(S)c(C#N)c1-c1ccc2c(c1)OCC(CO)O2. The van der Waals surface area contributed by atoms with Crippen molar-refractivity contribution in [1.82, 2.24) is 4.98 Å². The first kappa shape index (κ1) is 15.9. The molecule has 1 aliphatic heterocycles. The molecule has 2 heterocycles. The Morgan fingerprint density at radius 3 is 2.71 bits per heavy atom. The summed E-state index contributed by atoms with van der Waals surface area (Å²) in [6.45, 7) is 0.0573. The van der Waals surface area contributed by atoms with Gasteiger partial charge >= 0.3 is 0 Å². The van der Waals surface area contributed by atoms with Crippen molar-refractivity contribution in [1.29, 1.82) is 10.5 Å². The van der Waals surface area contributed by atoms with Gasteiger partial charge in [-0.25, -0.2) is 4.98 Å². The van der Waals surface area contributed by atoms with Crippen LogP contribution in [0.15, 0.2) is 23.2 Å². The summed E-state index contributed by atoms with van der Waals surface area (Å²) in [6.07, 6.45) is -0.423. The summed E-state index contributed by atoms with van der Waals surface area (Å²) in [5.41, 5.74) is 6.98. The van der Waals surface area contributed by atoms with Crippen molar-refractivity contribution < 1.29 is 14.6 Å². The van der Waals surface area contributed by atoms with Crippen molar-refractivity contribution in [3.63, 3.8) is 0 Å². The molecule has 1 aromatic heterocycles. The third-order valence-corrected chi connectivity index (χ3v) is 3.91. The van der Waals surface area contributed by atoms with E-state index in [0.717, 1.165) is 0 Å². The second-order valence-corrected chi connectivity index (χ2v) is 5.49. The van der Waals surface area contributed by atoms with Gasteiger partial charge in [0.05, 0.1) is 12.2 Å². The van der Waals surface area contributed by atoms with E-state index in [-0.39, 0.29) is 35.2 Å². The molecule has 0 fully saturated rings. The van der Waals surface area contributed by atoms with E-state index < -0.39 is 6.10 Å². The minimum absolute atomic E-state index is 0.00623. The molecule has 0 aliphatic carbocycles. The molecule has 0 bridgehead atoms. The number of nitrogen functional groups attached to an aromatic ring is 1. The van der Waals surface area contributed by atoms with Gasteiger partial charge in [-0.05, 0) is 17.7 Å². The summed E-state index contributed by atoms with van der Waals surface area (Å²) in [5.74, 6) is 0.946. The summed E-state index contributed by atoms with van der Waals surface area (Å²) in [7, 11) is 0. The number of ether oxygens (including phenoxy) is 2. The van der Waals surface area contributed by atoms with Crippen LogP contribution in [0.4, 0.5) is 5.82 Å². The van der Waals surface area contributed by atoms with Crippen molar-refractivity contribution in [2.24, 2.45) is 0 Å². The molecule has 1 aromatic carbocycles. The topological polar surface area (TPSA) is 125 Å². The molecule has 1 aliphatic rings. The predicted octanol–water partition coefficient (Wildman–Crippen LogP) is 1.49. The third kappa shape index (κ3) is 2.58. The fourth-order valence-electron chi connectivity index (χ4n) is 2.46. The Kier molecular flexibility index (Phi) is 4.17. The minimum Gasteiger partial charge on any atom is -0.486 e. The van der Waals surface area contributed by atoms with Crippen LogP contribution in [0.25, 0.3) is 11.1 Å². The van der Waals surface area contributed by atoms with Crippen LogP contribution >= 0.6 is 12.6 Å². The summed E-state index contributed by atoms with van der Waals surface area (Å²) in [5, 5.41) is 28.1. The Hall–Kier alpha value is -2.94. The van der Waals surface area contributed by atoms with Crippen LogP contribution < -0.4 is 15.2 Å². The van der Waals surface area contributed by atoms with Gasteiger partial charge in [0.1, 0.15) is 35.2 Å². The van der Waals surface area contributed by atoms with Crippen molar-refractivity contribution >= 4 is 18.4 Å². The zero-order valence-electron chi connectivity index (χ0n) is 12.4. The molecule has 7 nitrogen and oxygen atoms in total. The molecular weight excluding hydrogens is 328 g/mol. The predicted molar refractivity (Wildman–Crippen MR) is 87.8 cm³/mol. The molecule has 0 amide bonds. The molecule has 1 atom stereocenters. The van der Waals surface area contributed by atoms with Gasteiger partial charge in [-0.15, -0.1) is 12.6 Å². The standard InChI is InChI=1S/C16H12N4O3S/c17-4-10-14(11(5-18)16(24)20-15(10)19)8-1-2-12-13(3-8)22-7-9(6-21)23-12/h1-3,9,21H,6-7H2,(H3,19,20,24). The van der Waals surface area contributed by atoms with Gasteiger partial charge in [0.25, 0.3) is 0 Å². The van der Waals surface area contributed by atoms with Crippen LogP contribution in [-0.2, 0) is 0 Å². The molecule has 0 saturated heterocycles. The fraction of sp³-hybridized carbons (Fsp3) is 0.188. The van der Waals surface area contributed by atoms with E-state index in [9.17, 15) is 10.5 Å². The second kappa shape index (κ2) is 6.28. The van der Waals surface area contributed by atoms with E-state index in [1.54, 1.807) is 18.2 Å². The zero-order chi connectivity index (χ0) is 17.3. The highest BCUT2D eigenvalue weighted by Gasteiger charge is 2.23. The maximum atomic E-state index is 9.40. The van der Waals surface area contributed by atoms with Crippen LogP contribution in [0.1, 0.15) is 11.1 Å². The first-order chi connectivity index (χ1) is 11.6. The lowest BCUT2D eigenvalue weighted by atomic mass is 9.96. The molecule has 24 heavy (non-hydrogen) atoms. The average Bonchev–Trinajstić information content (AvgIpc) is 2.60. The Morgan fingerprint density at radius 2 is 2.04 bits per heavy atom. The Balaban J connectivity index is 2.18. The number of hydrogen-bond acceptors (Lipinski definition) is 8. The molecule has 0 radical (unpaired) electrons. The average molecular weight is 340 g/mol. The molecule has 0 spiro atoms. The van der Waals surface area contributed by atoms with Gasteiger partial charge in [0, 0.05) is 5.56 Å². The number of benzene rings is 1. The largest absolute Gasteiger partial charge is 0.486 e. The van der Waals surface area contributed by atoms with E-state index in [0.29, 0.717) is 22.6 Å². The zero-order valence-corrected chi connectivity index (χ0v) is 13.2. The minimum atomic E-state index is -0.423. The number of thiol groups is 1. The normalized spacial score (nSPS) is 15.4. The summed E-state index contributed by atoms with van der Waals surface area (Å²) < 4.78 is 11.2. The van der Waals surface area contributed by atoms with E-state index in [1.165, 1.54) is 0 Å². The van der Waals surface area contributed by atoms with Crippen LogP contribution in [0.3, 0.4) is 0 Å². The number of pyridine rings is 1. The lowest BCUT2D eigenvalue weighted by Crippen LogP contribution is -2.32. The molecule has 3 rings (SSSR count). The van der Waals surface area contributed by atoms with Crippen molar-refractivity contribution in [3.8, 4) is 34.8 Å². The maximum Gasteiger partial charge on any atom is 0.162 e. The Morgan fingerprint density at radius 1 is 1.29 bits per heavy atom. The van der Waals surface area contributed by atoms with Gasteiger partial charge in [-0.1, -0.05) is 6.07 Å². The maximum absolute atomic E-state index is 9.40. The molecule has 1 unspecified atom stereocenters. The van der Waals surface area contributed by atoms with Gasteiger partial charge in [-0.2, -0.15) is 10.5 Å². The highest BCUT2D eigenvalue weighted by atomic mass is 32.1. The summed E-state index contributed by atoms with van der Waals surface area (Å²) >= 11 is 4.17. The number of nitrogens with two attached hydrogens (primary N) is 1. The van der Waals surface area contributed by atoms with Crippen LogP contribution in [-0.4, -0.2) is 29.4 Å². The molecular formula is C16H12N4O3S. The number of nitriles is 2. The number of aromatic nitrogens is 1. The Bertz CT molecular complexity index is 863. The fourth-order valence-corrected chi connectivity index (χ4v) is 2.73. The number of rotatable bonds is 2. The summed E-state index contributed by atoms with van der Waals surface area (Å²) in [6, 6.07) is 8.99. The Labute approximate surface area is 143 Å². The molecule has 3 N–H and O–H groups in total. The first-order valence-corrected chi connectivity index (χ1v) is 7.41. The molecule has 120 valence electrons. The van der Waals surface area contributed by atoms with Gasteiger partial charge in [0.15, 0.2) is 17.6 Å². The van der Waals surface area contributed by atoms with E-state index in [4.69, 9.17) is 20.3 Å². The monoisotopic (exact) mass is 340 g/mol. The van der Waals surface area contributed by atoms with Gasteiger partial charge < -0.3 is 20.3 Å². The highest BCUT2D eigenvalue weighted by Crippen LogP contribution is 2.39. The number of anilines is 1. The number of nitrogens with zero attached hydrogens (tertiary/aromatic N) is 3. The first-order valence-electron chi connectivity index (χ1n) is 6.96. The summed E-state index contributed by atoms with van der Waals surface area (Å²) in [4.78, 5) is 3.92. The van der Waals surface area contributed by atoms with E-state index >= 15 is 0 Å².